The Morgan fingerprint density at radius 3 is 2.42 bits per heavy atom. The molecule has 0 radical (unpaired) electrons. The first-order chi connectivity index (χ1) is 24.3. The van der Waals surface area contributed by atoms with Crippen molar-refractivity contribution in [2.45, 2.75) is 92.3 Å². The fourth-order valence-corrected chi connectivity index (χ4v) is 12.4. The molecule has 4 aliphatic rings. The quantitative estimate of drug-likeness (QED) is 0.148. The number of benzene rings is 4. The van der Waals surface area contributed by atoms with Crippen LogP contribution in [0, 0.1) is 23.7 Å². The SMILES string of the molecule is CC12CCCC(C(=O)O)C1CCc1cc3[nH]c4ccc(Sc5c6c(cc7c5[nH]c5ccccc57)C5CCCC(C(=O)O)C5CC6)cc4c3cc12. The average molecular weight is 683 g/mol. The fourth-order valence-electron chi connectivity index (χ4n) is 11.3. The molecule has 0 spiro atoms. The smallest absolute Gasteiger partial charge is 0.306 e. The molecule has 254 valence electrons. The predicted octanol–water partition coefficient (Wildman–Crippen LogP) is 10.3. The molecular formula is C43H42N2O4S. The minimum Gasteiger partial charge on any atom is -0.481 e. The Labute approximate surface area is 295 Å². The molecule has 2 aromatic heterocycles. The number of para-hydroxylation sites is 1. The maximum Gasteiger partial charge on any atom is 0.306 e. The van der Waals surface area contributed by atoms with Crippen molar-refractivity contribution in [2.75, 3.05) is 0 Å². The molecule has 4 aromatic carbocycles. The van der Waals surface area contributed by atoms with Crippen molar-refractivity contribution in [1.29, 1.82) is 0 Å². The van der Waals surface area contributed by atoms with E-state index in [4.69, 9.17) is 0 Å². The van der Waals surface area contributed by atoms with E-state index < -0.39 is 11.9 Å². The Balaban J connectivity index is 1.11. The lowest BCUT2D eigenvalue weighted by molar-refractivity contribution is -0.147. The first-order valence-corrected chi connectivity index (χ1v) is 19.4. The zero-order chi connectivity index (χ0) is 33.9. The molecule has 6 atom stereocenters. The number of aliphatic carboxylic acids is 2. The molecule has 4 aliphatic carbocycles. The molecule has 0 aliphatic heterocycles. The molecule has 50 heavy (non-hydrogen) atoms. The monoisotopic (exact) mass is 682 g/mol. The van der Waals surface area contributed by atoms with E-state index in [-0.39, 0.29) is 35.0 Å². The van der Waals surface area contributed by atoms with Crippen molar-refractivity contribution in [3.63, 3.8) is 0 Å². The summed E-state index contributed by atoms with van der Waals surface area (Å²) < 4.78 is 0. The van der Waals surface area contributed by atoms with Gasteiger partial charge < -0.3 is 20.2 Å². The van der Waals surface area contributed by atoms with E-state index in [0.717, 1.165) is 80.8 Å². The number of aromatic nitrogens is 2. The van der Waals surface area contributed by atoms with Crippen LogP contribution in [0.2, 0.25) is 0 Å². The molecular weight excluding hydrogens is 641 g/mol. The predicted molar refractivity (Wildman–Crippen MR) is 199 cm³/mol. The topological polar surface area (TPSA) is 106 Å². The third kappa shape index (κ3) is 4.41. The Bertz CT molecular complexity index is 2410. The second-order valence-electron chi connectivity index (χ2n) is 15.9. The van der Waals surface area contributed by atoms with Crippen LogP contribution in [-0.4, -0.2) is 32.1 Å². The largest absolute Gasteiger partial charge is 0.481 e. The maximum absolute atomic E-state index is 12.3. The van der Waals surface area contributed by atoms with Gasteiger partial charge in [0.1, 0.15) is 0 Å². The van der Waals surface area contributed by atoms with Crippen molar-refractivity contribution >= 4 is 67.3 Å². The molecule has 4 N–H and O–H groups in total. The van der Waals surface area contributed by atoms with Gasteiger partial charge in [-0.3, -0.25) is 9.59 Å². The van der Waals surface area contributed by atoms with Crippen LogP contribution in [0.1, 0.15) is 86.5 Å². The highest BCUT2D eigenvalue weighted by Gasteiger charge is 2.49. The van der Waals surface area contributed by atoms with Crippen LogP contribution in [0.4, 0.5) is 0 Å². The van der Waals surface area contributed by atoms with Gasteiger partial charge >= 0.3 is 11.9 Å². The second-order valence-corrected chi connectivity index (χ2v) is 17.0. The van der Waals surface area contributed by atoms with Crippen molar-refractivity contribution < 1.29 is 19.8 Å². The summed E-state index contributed by atoms with van der Waals surface area (Å²) in [5.74, 6) is -1.14. The van der Waals surface area contributed by atoms with Gasteiger partial charge in [-0.1, -0.05) is 49.7 Å². The van der Waals surface area contributed by atoms with Crippen LogP contribution in [0.25, 0.3) is 43.6 Å². The third-order valence-corrected chi connectivity index (χ3v) is 14.7. The van der Waals surface area contributed by atoms with Crippen molar-refractivity contribution in [3.8, 4) is 0 Å². The first-order valence-electron chi connectivity index (χ1n) is 18.6. The average Bonchev–Trinajstić information content (AvgIpc) is 3.67. The lowest BCUT2D eigenvalue weighted by atomic mass is 9.55. The second kappa shape index (κ2) is 11.1. The van der Waals surface area contributed by atoms with Crippen LogP contribution in [0.3, 0.4) is 0 Å². The van der Waals surface area contributed by atoms with E-state index in [9.17, 15) is 19.8 Å². The van der Waals surface area contributed by atoms with E-state index in [1.165, 1.54) is 59.1 Å². The minimum atomic E-state index is -0.632. The number of aryl methyl sites for hydroxylation is 1. The number of carboxylic acid groups (broad SMARTS) is 2. The Morgan fingerprint density at radius 2 is 1.56 bits per heavy atom. The van der Waals surface area contributed by atoms with Crippen molar-refractivity contribution in [2.24, 2.45) is 23.7 Å². The lowest BCUT2D eigenvalue weighted by Crippen LogP contribution is -2.46. The summed E-state index contributed by atoms with van der Waals surface area (Å²) >= 11 is 1.84. The number of nitrogens with one attached hydrogen (secondary N) is 2. The molecule has 2 heterocycles. The normalized spacial score (nSPS) is 27.6. The zero-order valence-electron chi connectivity index (χ0n) is 28.4. The number of fused-ring (bicyclic) bond motifs is 12. The van der Waals surface area contributed by atoms with Gasteiger partial charge in [0.25, 0.3) is 0 Å². The van der Waals surface area contributed by atoms with Gasteiger partial charge in [-0.2, -0.15) is 0 Å². The molecule has 7 heteroatoms. The maximum atomic E-state index is 12.3. The van der Waals surface area contributed by atoms with Crippen molar-refractivity contribution in [3.05, 3.63) is 82.9 Å². The summed E-state index contributed by atoms with van der Waals surface area (Å²) in [6.45, 7) is 2.33. The number of rotatable bonds is 4. The number of aromatic amines is 2. The van der Waals surface area contributed by atoms with E-state index in [1.54, 1.807) is 0 Å². The number of H-pyrrole nitrogens is 2. The number of carboxylic acids is 2. The zero-order valence-corrected chi connectivity index (χ0v) is 29.2. The molecule has 6 aromatic rings. The molecule has 6 unspecified atom stereocenters. The molecule has 0 amide bonds. The van der Waals surface area contributed by atoms with E-state index in [1.807, 2.05) is 11.8 Å². The highest BCUT2D eigenvalue weighted by atomic mass is 32.2. The summed E-state index contributed by atoms with van der Waals surface area (Å²) in [4.78, 5) is 34.6. The van der Waals surface area contributed by atoms with Gasteiger partial charge in [0.05, 0.1) is 17.4 Å². The summed E-state index contributed by atoms with van der Waals surface area (Å²) in [7, 11) is 0. The Kier molecular flexibility index (Phi) is 6.81. The number of carbonyl (C=O) groups is 2. The third-order valence-electron chi connectivity index (χ3n) is 13.6. The summed E-state index contributed by atoms with van der Waals surface area (Å²) in [6, 6.07) is 22.5. The lowest BCUT2D eigenvalue weighted by Gasteiger charge is -2.49. The summed E-state index contributed by atoms with van der Waals surface area (Å²) in [5.41, 5.74) is 9.93. The van der Waals surface area contributed by atoms with Gasteiger partial charge in [-0.25, -0.2) is 0 Å². The molecule has 0 saturated heterocycles. The van der Waals surface area contributed by atoms with E-state index in [2.05, 4.69) is 77.6 Å². The van der Waals surface area contributed by atoms with Gasteiger partial charge in [-0.05, 0) is 139 Å². The van der Waals surface area contributed by atoms with Crippen LogP contribution in [0.15, 0.2) is 70.5 Å². The van der Waals surface area contributed by atoms with Crippen LogP contribution < -0.4 is 0 Å². The van der Waals surface area contributed by atoms with Crippen LogP contribution in [0.5, 0.6) is 0 Å². The van der Waals surface area contributed by atoms with Gasteiger partial charge in [0, 0.05) is 47.9 Å². The number of hydrogen-bond acceptors (Lipinski definition) is 3. The first kappa shape index (κ1) is 30.6. The molecule has 6 nitrogen and oxygen atoms in total. The Hall–Kier alpha value is -4.23. The summed E-state index contributed by atoms with van der Waals surface area (Å²) in [6.07, 6.45) is 9.27. The fraction of sp³-hybridized carbons (Fsp3) is 0.395. The van der Waals surface area contributed by atoms with Gasteiger partial charge in [-0.15, -0.1) is 0 Å². The minimum absolute atomic E-state index is 0.125. The molecule has 2 saturated carbocycles. The Morgan fingerprint density at radius 1 is 0.760 bits per heavy atom. The molecule has 0 bridgehead atoms. The number of hydrogen-bond donors (Lipinski definition) is 4. The highest BCUT2D eigenvalue weighted by Crippen LogP contribution is 2.55. The van der Waals surface area contributed by atoms with Crippen molar-refractivity contribution in [1.82, 2.24) is 9.97 Å². The van der Waals surface area contributed by atoms with Crippen LogP contribution >= 0.6 is 11.8 Å². The highest BCUT2D eigenvalue weighted by molar-refractivity contribution is 7.99. The standard InChI is InChI=1S/C43H42N2O4S/c1-43-17-5-9-29(42(48)49)34(43)15-11-22-18-38-32(21-35(22)43)31-19-23(12-16-37(31)44-38)50-40-27-14-13-25-24(7-4-8-28(25)41(46)47)30(27)20-33-26-6-2-3-10-36(26)45-39(33)40/h2-3,6,10,12,16,18-21,24-25,28-29,34,44-45H,4-5,7-9,11,13-15,17H2,1H3,(H,46,47)(H,48,49). The molecule has 2 fully saturated rings. The van der Waals surface area contributed by atoms with E-state index >= 15 is 0 Å². The van der Waals surface area contributed by atoms with Crippen LogP contribution in [-0.2, 0) is 27.8 Å². The molecule has 10 rings (SSSR count). The van der Waals surface area contributed by atoms with Gasteiger partial charge in [0.2, 0.25) is 0 Å². The van der Waals surface area contributed by atoms with E-state index in [0.29, 0.717) is 0 Å². The summed E-state index contributed by atoms with van der Waals surface area (Å²) in [5, 5.41) is 25.1. The van der Waals surface area contributed by atoms with Gasteiger partial charge in [0.15, 0.2) is 0 Å².